The van der Waals surface area contributed by atoms with Crippen LogP contribution >= 0.6 is 15.9 Å². The molecule has 2 heteroatoms. The van der Waals surface area contributed by atoms with Crippen molar-refractivity contribution in [1.29, 1.82) is 0 Å². The van der Waals surface area contributed by atoms with Crippen LogP contribution in [0.2, 0.25) is 0 Å². The average Bonchev–Trinajstić information content (AvgIpc) is 2.58. The summed E-state index contributed by atoms with van der Waals surface area (Å²) in [6.45, 7) is 2.22. The minimum Gasteiger partial charge on any atom is -0.289 e. The van der Waals surface area contributed by atoms with Crippen molar-refractivity contribution in [2.24, 2.45) is 0 Å². The summed E-state index contributed by atoms with van der Waals surface area (Å²) in [6.07, 6.45) is 9.67. The Bertz CT molecular complexity index is 639. The van der Waals surface area contributed by atoms with Gasteiger partial charge in [0.15, 0.2) is 5.78 Å². The summed E-state index contributed by atoms with van der Waals surface area (Å²) in [5.74, 6) is 0.0467. The van der Waals surface area contributed by atoms with E-state index in [1.54, 1.807) is 6.08 Å². The number of halogens is 1. The summed E-state index contributed by atoms with van der Waals surface area (Å²) in [4.78, 5) is 12.2. The lowest BCUT2D eigenvalue weighted by molar-refractivity contribution is 0.104. The molecule has 0 atom stereocenters. The van der Waals surface area contributed by atoms with Gasteiger partial charge in [0.25, 0.3) is 0 Å². The Labute approximate surface area is 147 Å². The molecule has 0 aliphatic carbocycles. The third-order valence-electron chi connectivity index (χ3n) is 3.85. The molecule has 0 saturated heterocycles. The number of rotatable bonds is 8. The van der Waals surface area contributed by atoms with Crippen LogP contribution in [0.15, 0.2) is 59.1 Å². The van der Waals surface area contributed by atoms with Crippen LogP contribution in [0, 0.1) is 0 Å². The van der Waals surface area contributed by atoms with Gasteiger partial charge in [-0.05, 0) is 42.2 Å². The first kappa shape index (κ1) is 17.7. The third-order valence-corrected chi connectivity index (χ3v) is 4.38. The van der Waals surface area contributed by atoms with Crippen molar-refractivity contribution >= 4 is 27.8 Å². The monoisotopic (exact) mass is 370 g/mol. The van der Waals surface area contributed by atoms with Crippen LogP contribution in [0.5, 0.6) is 0 Å². The molecule has 0 aromatic heterocycles. The van der Waals surface area contributed by atoms with E-state index < -0.39 is 0 Å². The molecule has 0 N–H and O–H groups in total. The maximum absolute atomic E-state index is 12.2. The summed E-state index contributed by atoms with van der Waals surface area (Å²) in [6, 6.07) is 15.9. The molecule has 0 fully saturated rings. The number of ketones is 1. The molecule has 0 amide bonds. The Morgan fingerprint density at radius 2 is 1.65 bits per heavy atom. The number of aryl methyl sites for hydroxylation is 1. The molecule has 0 aliphatic heterocycles. The summed E-state index contributed by atoms with van der Waals surface area (Å²) >= 11 is 3.40. The van der Waals surface area contributed by atoms with Gasteiger partial charge in [-0.3, -0.25) is 4.79 Å². The number of hydrogen-bond acceptors (Lipinski definition) is 1. The number of benzene rings is 2. The van der Waals surface area contributed by atoms with Gasteiger partial charge in [0, 0.05) is 10.0 Å². The Hall–Kier alpha value is -1.67. The highest BCUT2D eigenvalue weighted by Gasteiger charge is 2.02. The van der Waals surface area contributed by atoms with Gasteiger partial charge in [-0.25, -0.2) is 0 Å². The molecule has 2 rings (SSSR count). The summed E-state index contributed by atoms with van der Waals surface area (Å²) in [5.41, 5.74) is 3.08. The van der Waals surface area contributed by atoms with Crippen molar-refractivity contribution < 1.29 is 4.79 Å². The topological polar surface area (TPSA) is 17.1 Å². The lowest BCUT2D eigenvalue weighted by Gasteiger charge is -2.02. The number of carbonyl (C=O) groups excluding carboxylic acids is 1. The SMILES string of the molecule is CCCCCCc1ccc(C(=O)/C=C/c2ccc(Br)cc2)cc1. The fourth-order valence-electron chi connectivity index (χ4n) is 2.43. The Morgan fingerprint density at radius 1 is 0.957 bits per heavy atom. The summed E-state index contributed by atoms with van der Waals surface area (Å²) in [5, 5.41) is 0. The van der Waals surface area contributed by atoms with Gasteiger partial charge in [-0.2, -0.15) is 0 Å². The molecule has 0 radical (unpaired) electrons. The molecular weight excluding hydrogens is 348 g/mol. The first-order valence-electron chi connectivity index (χ1n) is 8.26. The van der Waals surface area contributed by atoms with E-state index in [2.05, 4.69) is 35.0 Å². The van der Waals surface area contributed by atoms with Crippen LogP contribution in [0.4, 0.5) is 0 Å². The first-order valence-corrected chi connectivity index (χ1v) is 9.05. The van der Waals surface area contributed by atoms with Crippen molar-refractivity contribution in [3.8, 4) is 0 Å². The molecule has 0 aliphatic rings. The molecule has 0 heterocycles. The Morgan fingerprint density at radius 3 is 2.30 bits per heavy atom. The van der Waals surface area contributed by atoms with Crippen LogP contribution in [0.3, 0.4) is 0 Å². The second-order valence-electron chi connectivity index (χ2n) is 5.76. The van der Waals surface area contributed by atoms with Gasteiger partial charge in [-0.15, -0.1) is 0 Å². The van der Waals surface area contributed by atoms with Gasteiger partial charge in [0.05, 0.1) is 0 Å². The summed E-state index contributed by atoms with van der Waals surface area (Å²) < 4.78 is 1.04. The predicted octanol–water partition coefficient (Wildman–Crippen LogP) is 6.47. The Kier molecular flexibility index (Phi) is 7.28. The minimum atomic E-state index is 0.0467. The molecule has 120 valence electrons. The molecule has 1 nitrogen and oxygen atoms in total. The maximum Gasteiger partial charge on any atom is 0.185 e. The quantitative estimate of drug-likeness (QED) is 0.295. The van der Waals surface area contributed by atoms with Crippen LogP contribution in [0.25, 0.3) is 6.08 Å². The molecule has 0 bridgehead atoms. The lowest BCUT2D eigenvalue weighted by Crippen LogP contribution is -1.95. The molecule has 2 aromatic rings. The molecule has 0 spiro atoms. The van der Waals surface area contributed by atoms with Crippen LogP contribution in [-0.4, -0.2) is 5.78 Å². The van der Waals surface area contributed by atoms with Gasteiger partial charge in [0.2, 0.25) is 0 Å². The van der Waals surface area contributed by atoms with Crippen molar-refractivity contribution in [3.05, 3.63) is 75.8 Å². The smallest absolute Gasteiger partial charge is 0.185 e. The molecule has 0 saturated carbocycles. The highest BCUT2D eigenvalue weighted by atomic mass is 79.9. The normalized spacial score (nSPS) is 11.0. The van der Waals surface area contributed by atoms with E-state index in [9.17, 15) is 4.79 Å². The zero-order valence-corrected chi connectivity index (χ0v) is 15.2. The van der Waals surface area contributed by atoms with Gasteiger partial charge in [0.1, 0.15) is 0 Å². The average molecular weight is 371 g/mol. The summed E-state index contributed by atoms with van der Waals surface area (Å²) in [7, 11) is 0. The number of hydrogen-bond donors (Lipinski definition) is 0. The number of unbranched alkanes of at least 4 members (excludes halogenated alkanes) is 3. The van der Waals surface area contributed by atoms with E-state index in [0.717, 1.165) is 22.0 Å². The van der Waals surface area contributed by atoms with E-state index in [1.807, 2.05) is 42.5 Å². The number of allylic oxidation sites excluding steroid dienone is 1. The van der Waals surface area contributed by atoms with E-state index in [4.69, 9.17) is 0 Å². The fourth-order valence-corrected chi connectivity index (χ4v) is 2.70. The highest BCUT2D eigenvalue weighted by molar-refractivity contribution is 9.10. The maximum atomic E-state index is 12.2. The Balaban J connectivity index is 1.90. The van der Waals surface area contributed by atoms with Crippen LogP contribution < -0.4 is 0 Å². The van der Waals surface area contributed by atoms with Crippen LogP contribution in [0.1, 0.15) is 54.1 Å². The number of carbonyl (C=O) groups is 1. The predicted molar refractivity (Wildman–Crippen MR) is 102 cm³/mol. The van der Waals surface area contributed by atoms with E-state index in [0.29, 0.717) is 0 Å². The van der Waals surface area contributed by atoms with E-state index >= 15 is 0 Å². The zero-order valence-electron chi connectivity index (χ0n) is 13.6. The van der Waals surface area contributed by atoms with Gasteiger partial charge >= 0.3 is 0 Å². The molecule has 23 heavy (non-hydrogen) atoms. The van der Waals surface area contributed by atoms with Crippen molar-refractivity contribution in [1.82, 2.24) is 0 Å². The first-order chi connectivity index (χ1) is 11.2. The standard InChI is InChI=1S/C21H23BrO/c1-2-3-4-5-6-17-7-12-19(13-8-17)21(23)16-11-18-9-14-20(22)15-10-18/h7-16H,2-6H2,1H3/b16-11+. The largest absolute Gasteiger partial charge is 0.289 e. The zero-order chi connectivity index (χ0) is 16.5. The van der Waals surface area contributed by atoms with Crippen LogP contribution in [-0.2, 0) is 6.42 Å². The van der Waals surface area contributed by atoms with Gasteiger partial charge in [-0.1, -0.05) is 84.6 Å². The lowest BCUT2D eigenvalue weighted by atomic mass is 10.0. The molecular formula is C21H23BrO. The van der Waals surface area contributed by atoms with Crippen molar-refractivity contribution in [3.63, 3.8) is 0 Å². The van der Waals surface area contributed by atoms with E-state index in [-0.39, 0.29) is 5.78 Å². The highest BCUT2D eigenvalue weighted by Crippen LogP contribution is 2.13. The molecule has 0 unspecified atom stereocenters. The third kappa shape index (κ3) is 6.15. The second kappa shape index (κ2) is 9.46. The molecule has 2 aromatic carbocycles. The van der Waals surface area contributed by atoms with Gasteiger partial charge < -0.3 is 0 Å². The van der Waals surface area contributed by atoms with E-state index in [1.165, 1.54) is 31.2 Å². The second-order valence-corrected chi connectivity index (χ2v) is 6.67. The fraction of sp³-hybridized carbons (Fsp3) is 0.286. The van der Waals surface area contributed by atoms with Crippen molar-refractivity contribution in [2.45, 2.75) is 39.0 Å². The van der Waals surface area contributed by atoms with Crippen molar-refractivity contribution in [2.75, 3.05) is 0 Å². The minimum absolute atomic E-state index is 0.0467.